The van der Waals surface area contributed by atoms with Crippen molar-refractivity contribution in [3.63, 3.8) is 0 Å². The van der Waals surface area contributed by atoms with E-state index in [0.29, 0.717) is 44.0 Å². The summed E-state index contributed by atoms with van der Waals surface area (Å²) in [7, 11) is 0. The molecule has 3 aliphatic heterocycles. The summed E-state index contributed by atoms with van der Waals surface area (Å²) in [6.45, 7) is 5.26. The van der Waals surface area contributed by atoms with Gasteiger partial charge < -0.3 is 19.9 Å². The Hall–Kier alpha value is -2.86. The summed E-state index contributed by atoms with van der Waals surface area (Å²) in [6, 6.07) is 9.75. The first-order chi connectivity index (χ1) is 18.0. The third-order valence-corrected chi connectivity index (χ3v) is 8.35. The van der Waals surface area contributed by atoms with E-state index in [2.05, 4.69) is 10.2 Å². The first-order valence-corrected chi connectivity index (χ1v) is 13.8. The highest BCUT2D eigenvalue weighted by molar-refractivity contribution is 7.12. The van der Waals surface area contributed by atoms with Gasteiger partial charge in [-0.2, -0.15) is 0 Å². The molecule has 3 saturated heterocycles. The predicted molar refractivity (Wildman–Crippen MR) is 139 cm³/mol. The Kier molecular flexibility index (Phi) is 8.14. The molecule has 1 aromatic heterocycles. The van der Waals surface area contributed by atoms with Crippen molar-refractivity contribution in [2.45, 2.75) is 44.0 Å². The van der Waals surface area contributed by atoms with Gasteiger partial charge in [0.15, 0.2) is 0 Å². The first-order valence-electron chi connectivity index (χ1n) is 12.9. The van der Waals surface area contributed by atoms with E-state index in [4.69, 9.17) is 4.74 Å². The Morgan fingerprint density at radius 1 is 1.19 bits per heavy atom. The lowest BCUT2D eigenvalue weighted by Crippen LogP contribution is -2.53. The molecule has 37 heavy (non-hydrogen) atoms. The molecule has 0 spiro atoms. The number of nitro benzene ring substituents is 1. The minimum Gasteiger partial charge on any atom is -0.377 e. The number of carbonyl (C=O) groups excluding carboxylic acids is 2. The van der Waals surface area contributed by atoms with Crippen molar-refractivity contribution in [3.05, 3.63) is 62.3 Å². The summed E-state index contributed by atoms with van der Waals surface area (Å²) < 4.78 is 5.94. The molecule has 0 radical (unpaired) electrons. The van der Waals surface area contributed by atoms with Gasteiger partial charge in [-0.1, -0.05) is 18.2 Å². The van der Waals surface area contributed by atoms with Gasteiger partial charge in [0.25, 0.3) is 11.6 Å². The summed E-state index contributed by atoms with van der Waals surface area (Å²) in [5, 5.41) is 16.3. The molecular formula is C26H33N5O5S. The summed E-state index contributed by atoms with van der Waals surface area (Å²) in [4.78, 5) is 44.5. The Bertz CT molecular complexity index is 1080. The molecule has 198 valence electrons. The fourth-order valence-corrected chi connectivity index (χ4v) is 6.20. The molecule has 0 aliphatic carbocycles. The fourth-order valence-electron chi connectivity index (χ4n) is 5.52. The molecule has 3 atom stereocenters. The average molecular weight is 528 g/mol. The number of nitrogens with one attached hydrogen (secondary N) is 1. The molecule has 10 nitrogen and oxygen atoms in total. The molecule has 2 aromatic rings. The number of nitrogens with zero attached hydrogens (tertiary/aromatic N) is 4. The van der Waals surface area contributed by atoms with Crippen LogP contribution in [0.5, 0.6) is 0 Å². The van der Waals surface area contributed by atoms with Crippen molar-refractivity contribution >= 4 is 28.8 Å². The number of ether oxygens (including phenoxy) is 1. The van der Waals surface area contributed by atoms with Crippen LogP contribution in [0.3, 0.4) is 0 Å². The third kappa shape index (κ3) is 6.01. The molecular weight excluding hydrogens is 494 g/mol. The zero-order valence-corrected chi connectivity index (χ0v) is 21.6. The van der Waals surface area contributed by atoms with Gasteiger partial charge >= 0.3 is 0 Å². The highest BCUT2D eigenvalue weighted by atomic mass is 32.1. The van der Waals surface area contributed by atoms with Crippen LogP contribution >= 0.6 is 11.3 Å². The maximum atomic E-state index is 13.7. The van der Waals surface area contributed by atoms with Crippen LogP contribution in [-0.4, -0.2) is 95.5 Å². The van der Waals surface area contributed by atoms with Crippen LogP contribution in [0.1, 0.15) is 34.5 Å². The number of benzene rings is 1. The van der Waals surface area contributed by atoms with Crippen LogP contribution in [0.15, 0.2) is 41.8 Å². The van der Waals surface area contributed by atoms with Crippen molar-refractivity contribution < 1.29 is 19.2 Å². The number of carbonyl (C=O) groups is 2. The third-order valence-electron chi connectivity index (χ3n) is 7.50. The number of hydrogen-bond donors (Lipinski definition) is 1. The maximum absolute atomic E-state index is 13.7. The Balaban J connectivity index is 1.39. The minimum absolute atomic E-state index is 0.0151. The summed E-state index contributed by atoms with van der Waals surface area (Å²) >= 11 is 1.39. The van der Waals surface area contributed by atoms with Gasteiger partial charge in [0.2, 0.25) is 5.91 Å². The van der Waals surface area contributed by atoms with Gasteiger partial charge in [-0.3, -0.25) is 24.6 Å². The molecule has 0 saturated carbocycles. The Morgan fingerprint density at radius 2 is 1.97 bits per heavy atom. The van der Waals surface area contributed by atoms with E-state index in [1.165, 1.54) is 23.5 Å². The minimum atomic E-state index is -0.512. The van der Waals surface area contributed by atoms with Crippen molar-refractivity contribution in [2.75, 3.05) is 45.9 Å². The average Bonchev–Trinajstić information content (AvgIpc) is 3.71. The molecule has 2 amide bonds. The lowest BCUT2D eigenvalue weighted by Gasteiger charge is -2.32. The molecule has 4 heterocycles. The molecule has 1 aromatic carbocycles. The molecule has 5 rings (SSSR count). The van der Waals surface area contributed by atoms with Gasteiger partial charge in [-0.25, -0.2) is 0 Å². The smallest absolute Gasteiger partial charge is 0.269 e. The van der Waals surface area contributed by atoms with Crippen LogP contribution in [-0.2, 0) is 16.1 Å². The predicted octanol–water partition coefficient (Wildman–Crippen LogP) is 2.35. The lowest BCUT2D eigenvalue weighted by molar-refractivity contribution is -0.384. The van der Waals surface area contributed by atoms with Crippen LogP contribution in [0.4, 0.5) is 5.69 Å². The molecule has 3 fully saturated rings. The second kappa shape index (κ2) is 11.7. The normalized spacial score (nSPS) is 24.1. The number of piperazine rings is 1. The summed E-state index contributed by atoms with van der Waals surface area (Å²) in [5.74, 6) is -0.0836. The van der Waals surface area contributed by atoms with E-state index in [1.54, 1.807) is 17.0 Å². The Morgan fingerprint density at radius 3 is 2.62 bits per heavy atom. The second-order valence-electron chi connectivity index (χ2n) is 9.90. The zero-order valence-electron chi connectivity index (χ0n) is 20.8. The molecule has 11 heteroatoms. The van der Waals surface area contributed by atoms with Crippen LogP contribution in [0.2, 0.25) is 0 Å². The number of nitro groups is 1. The monoisotopic (exact) mass is 527 g/mol. The maximum Gasteiger partial charge on any atom is 0.269 e. The molecule has 3 unspecified atom stereocenters. The van der Waals surface area contributed by atoms with Gasteiger partial charge in [-0.05, 0) is 36.3 Å². The second-order valence-corrected chi connectivity index (χ2v) is 10.9. The van der Waals surface area contributed by atoms with Gasteiger partial charge in [0.05, 0.1) is 15.9 Å². The molecule has 3 aliphatic rings. The van der Waals surface area contributed by atoms with Crippen LogP contribution in [0.25, 0.3) is 0 Å². The zero-order chi connectivity index (χ0) is 25.8. The van der Waals surface area contributed by atoms with E-state index in [-0.39, 0.29) is 29.6 Å². The SMILES string of the molecule is O=C(C1CC(N(Cc2ccc([N+](=O)[O-])cc2)CC2CCCO2)CN1C(=O)c1cccs1)N1CCNCC1. The van der Waals surface area contributed by atoms with E-state index < -0.39 is 11.0 Å². The number of thiophene rings is 1. The number of hydrogen-bond acceptors (Lipinski definition) is 8. The standard InChI is InChI=1S/C26H33N5O5S/c32-25(28-11-9-27-10-12-28)23-15-21(17-30(23)26(33)24-4-2-14-37-24)29(18-22-3-1-13-36-22)16-19-5-7-20(8-6-19)31(34)35/h2,4-8,14,21-23,27H,1,3,9-13,15-18H2. The largest absolute Gasteiger partial charge is 0.377 e. The number of amides is 2. The van der Waals surface area contributed by atoms with Gasteiger partial charge in [0.1, 0.15) is 6.04 Å². The first kappa shape index (κ1) is 25.8. The van der Waals surface area contributed by atoms with Crippen molar-refractivity contribution in [1.82, 2.24) is 20.0 Å². The van der Waals surface area contributed by atoms with E-state index >= 15 is 0 Å². The quantitative estimate of drug-likeness (QED) is 0.415. The van der Waals surface area contributed by atoms with Crippen LogP contribution in [0, 0.1) is 10.1 Å². The number of non-ortho nitro benzene ring substituents is 1. The summed E-state index contributed by atoms with van der Waals surface area (Å²) in [5.41, 5.74) is 1.02. The molecule has 0 bridgehead atoms. The van der Waals surface area contributed by atoms with Crippen LogP contribution < -0.4 is 5.32 Å². The van der Waals surface area contributed by atoms with E-state index in [0.717, 1.165) is 38.1 Å². The van der Waals surface area contributed by atoms with Crippen molar-refractivity contribution in [2.24, 2.45) is 0 Å². The Labute approximate surface area is 220 Å². The lowest BCUT2D eigenvalue weighted by atomic mass is 10.1. The van der Waals surface area contributed by atoms with Gasteiger partial charge in [-0.15, -0.1) is 11.3 Å². The van der Waals surface area contributed by atoms with Crippen molar-refractivity contribution in [1.29, 1.82) is 0 Å². The highest BCUT2D eigenvalue weighted by Gasteiger charge is 2.44. The molecule has 1 N–H and O–H groups in total. The van der Waals surface area contributed by atoms with E-state index in [1.807, 2.05) is 22.4 Å². The van der Waals surface area contributed by atoms with Crippen molar-refractivity contribution in [3.8, 4) is 0 Å². The van der Waals surface area contributed by atoms with Gasteiger partial charge in [0, 0.05) is 70.6 Å². The number of likely N-dealkylation sites (tertiary alicyclic amines) is 1. The van der Waals surface area contributed by atoms with E-state index in [9.17, 15) is 19.7 Å². The summed E-state index contributed by atoms with van der Waals surface area (Å²) in [6.07, 6.45) is 2.65. The fraction of sp³-hybridized carbons (Fsp3) is 0.538. The topological polar surface area (TPSA) is 108 Å². The number of rotatable bonds is 8. The highest BCUT2D eigenvalue weighted by Crippen LogP contribution is 2.29.